The van der Waals surface area contributed by atoms with Gasteiger partial charge in [-0.2, -0.15) is 4.98 Å². The molecule has 13 heavy (non-hydrogen) atoms. The summed E-state index contributed by atoms with van der Waals surface area (Å²) < 4.78 is 0. The first kappa shape index (κ1) is 8.91. The van der Waals surface area contributed by atoms with E-state index in [2.05, 4.69) is 25.4 Å². The Bertz CT molecular complexity index is 287. The van der Waals surface area contributed by atoms with Crippen molar-refractivity contribution in [1.29, 1.82) is 0 Å². The summed E-state index contributed by atoms with van der Waals surface area (Å²) in [6, 6.07) is 1.72. The molecule has 2 rings (SSSR count). The lowest BCUT2D eigenvalue weighted by molar-refractivity contribution is 0.865. The molecule has 0 atom stereocenters. The fourth-order valence-electron chi connectivity index (χ4n) is 0.556. The van der Waals surface area contributed by atoms with E-state index in [1.165, 1.54) is 6.20 Å². The van der Waals surface area contributed by atoms with Crippen molar-refractivity contribution in [2.45, 2.75) is 0 Å². The summed E-state index contributed by atoms with van der Waals surface area (Å²) >= 11 is 0. The molecule has 2 aromatic rings. The number of H-pyrrole nitrogens is 1. The number of nitrogens with zero attached hydrogens (tertiary/aromatic N) is 4. The lowest BCUT2D eigenvalue weighted by atomic mass is 10.7. The van der Waals surface area contributed by atoms with Gasteiger partial charge in [-0.3, -0.25) is 0 Å². The third-order valence-corrected chi connectivity index (χ3v) is 1.03. The molecule has 0 radical (unpaired) electrons. The van der Waals surface area contributed by atoms with E-state index in [0.717, 1.165) is 0 Å². The Morgan fingerprint density at radius 2 is 1.85 bits per heavy atom. The molecule has 0 aliphatic rings. The van der Waals surface area contributed by atoms with Crippen LogP contribution in [0.15, 0.2) is 24.7 Å². The van der Waals surface area contributed by atoms with Crippen molar-refractivity contribution in [2.24, 2.45) is 0 Å². The molecule has 7 nitrogen and oxygen atoms in total. The highest BCUT2D eigenvalue weighted by atomic mass is 15.3. The minimum Gasteiger partial charge on any atom is -0.382 e. The van der Waals surface area contributed by atoms with Gasteiger partial charge in [-0.25, -0.2) is 0 Å². The van der Waals surface area contributed by atoms with Crippen LogP contribution >= 0.6 is 0 Å². The maximum Gasteiger partial charge on any atom is 0.199 e. The monoisotopic (exact) mass is 179 g/mol. The van der Waals surface area contributed by atoms with Crippen molar-refractivity contribution < 1.29 is 0 Å². The van der Waals surface area contributed by atoms with Crippen LogP contribution in [0.25, 0.3) is 0 Å². The largest absolute Gasteiger partial charge is 0.382 e. The number of nitrogens with two attached hydrogens (primary N) is 2. The lowest BCUT2D eigenvalue weighted by Crippen LogP contribution is -1.87. The van der Waals surface area contributed by atoms with Crippen LogP contribution < -0.4 is 11.5 Å². The molecule has 0 saturated heterocycles. The zero-order valence-electron chi connectivity index (χ0n) is 6.75. The molecule has 2 aromatic heterocycles. The van der Waals surface area contributed by atoms with Crippen LogP contribution in [-0.4, -0.2) is 25.4 Å². The highest BCUT2D eigenvalue weighted by Gasteiger charge is 1.85. The normalized spacial score (nSPS) is 8.62. The second-order valence-electron chi connectivity index (χ2n) is 2.02. The summed E-state index contributed by atoms with van der Waals surface area (Å²) in [6.07, 6.45) is 4.69. The second kappa shape index (κ2) is 4.65. The van der Waals surface area contributed by atoms with E-state index in [-0.39, 0.29) is 0 Å². The summed E-state index contributed by atoms with van der Waals surface area (Å²) in [4.78, 5) is 6.22. The quantitative estimate of drug-likeness (QED) is 0.499. The van der Waals surface area contributed by atoms with Gasteiger partial charge in [0.15, 0.2) is 5.95 Å². The number of hydrogen-bond donors (Lipinski definition) is 3. The predicted molar refractivity (Wildman–Crippen MR) is 47.2 cm³/mol. The van der Waals surface area contributed by atoms with E-state index >= 15 is 0 Å². The third-order valence-electron chi connectivity index (χ3n) is 1.03. The summed E-state index contributed by atoms with van der Waals surface area (Å²) in [5.74, 6) is 0.787. The van der Waals surface area contributed by atoms with Crippen molar-refractivity contribution >= 4 is 11.8 Å². The Labute approximate surface area is 74.2 Å². The van der Waals surface area contributed by atoms with Gasteiger partial charge in [-0.1, -0.05) is 0 Å². The topological polar surface area (TPSA) is 119 Å². The number of imidazole rings is 1. The standard InChI is InChI=1S/C3H6N4.C3H3N3/c4-2-1-6-3(5)7-2;1-2-4-6-5-3-1/h1H,4H2,(H3,5,6,7);1-3H. The summed E-state index contributed by atoms with van der Waals surface area (Å²) in [6.45, 7) is 0. The zero-order valence-corrected chi connectivity index (χ0v) is 6.75. The third kappa shape index (κ3) is 3.65. The first-order chi connectivity index (χ1) is 6.29. The van der Waals surface area contributed by atoms with Gasteiger partial charge in [-0.05, 0) is 11.3 Å². The minimum absolute atomic E-state index is 0.359. The molecular weight excluding hydrogens is 170 g/mol. The minimum atomic E-state index is 0.359. The molecule has 0 unspecified atom stereocenters. The molecule has 0 spiro atoms. The molecular formula is C6H9N7. The smallest absolute Gasteiger partial charge is 0.199 e. The number of hydrogen-bond acceptors (Lipinski definition) is 6. The van der Waals surface area contributed by atoms with Crippen molar-refractivity contribution in [3.8, 4) is 0 Å². The van der Waals surface area contributed by atoms with Gasteiger partial charge in [-0.15, -0.1) is 10.2 Å². The molecule has 5 N–H and O–H groups in total. The van der Waals surface area contributed by atoms with Gasteiger partial charge in [0.25, 0.3) is 0 Å². The Balaban J connectivity index is 0.000000132. The second-order valence-corrected chi connectivity index (χ2v) is 2.02. The van der Waals surface area contributed by atoms with Crippen LogP contribution in [0, 0.1) is 0 Å². The number of rotatable bonds is 0. The highest BCUT2D eigenvalue weighted by molar-refractivity contribution is 5.32. The molecule has 0 aliphatic heterocycles. The van der Waals surface area contributed by atoms with Crippen LogP contribution in [0.2, 0.25) is 0 Å². The molecule has 0 amide bonds. The maximum atomic E-state index is 5.16. The van der Waals surface area contributed by atoms with E-state index in [4.69, 9.17) is 11.5 Å². The van der Waals surface area contributed by atoms with Crippen LogP contribution in [0.3, 0.4) is 0 Å². The van der Waals surface area contributed by atoms with E-state index < -0.39 is 0 Å². The Kier molecular flexibility index (Phi) is 3.19. The van der Waals surface area contributed by atoms with Gasteiger partial charge in [0.1, 0.15) is 5.82 Å². The Morgan fingerprint density at radius 1 is 1.15 bits per heavy atom. The molecule has 0 aromatic carbocycles. The van der Waals surface area contributed by atoms with Gasteiger partial charge in [0.2, 0.25) is 0 Å². The average Bonchev–Trinajstić information content (AvgIpc) is 2.54. The van der Waals surface area contributed by atoms with Crippen molar-refractivity contribution in [1.82, 2.24) is 25.4 Å². The van der Waals surface area contributed by atoms with Crippen LogP contribution in [-0.2, 0) is 0 Å². The average molecular weight is 179 g/mol. The number of aromatic nitrogens is 5. The van der Waals surface area contributed by atoms with Crippen molar-refractivity contribution in [3.05, 3.63) is 24.7 Å². The van der Waals surface area contributed by atoms with E-state index in [9.17, 15) is 0 Å². The molecule has 2 heterocycles. The van der Waals surface area contributed by atoms with Crippen molar-refractivity contribution in [2.75, 3.05) is 11.5 Å². The predicted octanol–water partition coefficient (Wildman–Crippen LogP) is -0.554. The fraction of sp³-hybridized carbons (Fsp3) is 0. The van der Waals surface area contributed by atoms with Crippen LogP contribution in [0.4, 0.5) is 11.8 Å². The highest BCUT2D eigenvalue weighted by Crippen LogP contribution is 1.95. The first-order valence-corrected chi connectivity index (χ1v) is 3.43. The fourth-order valence-corrected chi connectivity index (χ4v) is 0.556. The Hall–Kier alpha value is -2.18. The number of anilines is 2. The number of nitrogen functional groups attached to an aromatic ring is 2. The van der Waals surface area contributed by atoms with Crippen LogP contribution in [0.1, 0.15) is 0 Å². The van der Waals surface area contributed by atoms with Crippen molar-refractivity contribution in [3.63, 3.8) is 0 Å². The molecule has 0 fully saturated rings. The number of nitrogens with one attached hydrogen (secondary N) is 1. The molecule has 7 heteroatoms. The zero-order chi connectivity index (χ0) is 9.52. The number of aromatic amines is 1. The first-order valence-electron chi connectivity index (χ1n) is 3.43. The maximum absolute atomic E-state index is 5.16. The molecule has 0 bridgehead atoms. The lowest BCUT2D eigenvalue weighted by Gasteiger charge is -1.73. The summed E-state index contributed by atoms with van der Waals surface area (Å²) in [5.41, 5.74) is 10.3. The summed E-state index contributed by atoms with van der Waals surface area (Å²) in [7, 11) is 0. The van der Waals surface area contributed by atoms with E-state index in [1.807, 2.05) is 0 Å². The van der Waals surface area contributed by atoms with E-state index in [1.54, 1.807) is 18.5 Å². The molecule has 0 aliphatic carbocycles. The van der Waals surface area contributed by atoms with Gasteiger partial charge >= 0.3 is 0 Å². The van der Waals surface area contributed by atoms with Gasteiger partial charge in [0.05, 0.1) is 12.4 Å². The molecule has 68 valence electrons. The SMILES string of the molecule is Nc1c[nH]c(N)n1.c1cnnnc1. The van der Waals surface area contributed by atoms with E-state index in [0.29, 0.717) is 11.8 Å². The van der Waals surface area contributed by atoms with Gasteiger partial charge in [0, 0.05) is 6.20 Å². The van der Waals surface area contributed by atoms with Crippen LogP contribution in [0.5, 0.6) is 0 Å². The summed E-state index contributed by atoms with van der Waals surface area (Å²) in [5, 5.41) is 10.1. The Morgan fingerprint density at radius 3 is 2.00 bits per heavy atom. The molecule has 0 saturated carbocycles. The van der Waals surface area contributed by atoms with Gasteiger partial charge < -0.3 is 16.5 Å².